The number of hydrogen-bond donors (Lipinski definition) is 1. The van der Waals surface area contributed by atoms with E-state index in [-0.39, 0.29) is 5.91 Å². The molecule has 194 valence electrons. The number of nitrogens with one attached hydrogen (secondary N) is 1. The molecule has 1 aromatic heterocycles. The summed E-state index contributed by atoms with van der Waals surface area (Å²) in [7, 11) is 1.62. The molecule has 2 aromatic rings. The van der Waals surface area contributed by atoms with Crippen molar-refractivity contribution in [1.29, 1.82) is 0 Å². The Morgan fingerprint density at radius 1 is 0.944 bits per heavy atom. The topological polar surface area (TPSA) is 73.8 Å². The molecule has 1 aromatic carbocycles. The molecular formula is C28H40N6O2. The van der Waals surface area contributed by atoms with Gasteiger partial charge in [0.1, 0.15) is 11.6 Å². The summed E-state index contributed by atoms with van der Waals surface area (Å²) in [5.74, 6) is 2.53. The number of carbonyl (C=O) groups excluding carboxylic acids is 1. The van der Waals surface area contributed by atoms with Gasteiger partial charge in [0.2, 0.25) is 5.95 Å². The van der Waals surface area contributed by atoms with Gasteiger partial charge < -0.3 is 19.9 Å². The fourth-order valence-electron chi connectivity index (χ4n) is 5.96. The van der Waals surface area contributed by atoms with Crippen molar-refractivity contribution in [2.24, 2.45) is 0 Å². The van der Waals surface area contributed by atoms with Gasteiger partial charge >= 0.3 is 0 Å². The number of rotatable bonds is 6. The van der Waals surface area contributed by atoms with Gasteiger partial charge in [-0.1, -0.05) is 25.0 Å². The average molecular weight is 493 g/mol. The number of amides is 1. The lowest BCUT2D eigenvalue weighted by Gasteiger charge is -2.42. The Morgan fingerprint density at radius 2 is 1.72 bits per heavy atom. The number of nitrogens with zero attached hydrogens (tertiary/aromatic N) is 5. The number of hydrogen-bond acceptors (Lipinski definition) is 7. The van der Waals surface area contributed by atoms with Crippen LogP contribution in [-0.4, -0.2) is 84.1 Å². The van der Waals surface area contributed by atoms with Gasteiger partial charge in [-0.25, -0.2) is 4.98 Å². The molecule has 3 fully saturated rings. The van der Waals surface area contributed by atoms with E-state index in [0.717, 1.165) is 70.3 Å². The van der Waals surface area contributed by atoms with Crippen molar-refractivity contribution in [3.05, 3.63) is 42.1 Å². The van der Waals surface area contributed by atoms with Crippen LogP contribution in [0.15, 0.2) is 36.5 Å². The predicted molar refractivity (Wildman–Crippen MR) is 143 cm³/mol. The summed E-state index contributed by atoms with van der Waals surface area (Å²) in [5, 5.41) is 3.64. The van der Waals surface area contributed by atoms with Gasteiger partial charge in [-0.05, 0) is 63.3 Å². The summed E-state index contributed by atoms with van der Waals surface area (Å²) in [6.45, 7) is 5.88. The fourth-order valence-corrected chi connectivity index (χ4v) is 5.96. The molecule has 3 aliphatic heterocycles. The highest BCUT2D eigenvalue weighted by atomic mass is 16.5. The zero-order valence-electron chi connectivity index (χ0n) is 21.6. The summed E-state index contributed by atoms with van der Waals surface area (Å²) in [6.07, 6.45) is 11.3. The van der Waals surface area contributed by atoms with Crippen LogP contribution in [0.3, 0.4) is 0 Å². The first-order valence-electron chi connectivity index (χ1n) is 13.7. The lowest BCUT2D eigenvalue weighted by molar-refractivity contribution is 0.0577. The molecule has 0 aliphatic carbocycles. The summed E-state index contributed by atoms with van der Waals surface area (Å²) in [5.41, 5.74) is 0.656. The number of likely N-dealkylation sites (tertiary alicyclic amines) is 2. The Bertz CT molecular complexity index is 1000. The van der Waals surface area contributed by atoms with E-state index >= 15 is 0 Å². The highest BCUT2D eigenvalue weighted by Gasteiger charge is 2.31. The minimum Gasteiger partial charge on any atom is -0.496 e. The van der Waals surface area contributed by atoms with Gasteiger partial charge in [0.05, 0.1) is 12.7 Å². The largest absolute Gasteiger partial charge is 0.496 e. The number of piperidine rings is 2. The molecule has 0 radical (unpaired) electrons. The molecule has 8 nitrogen and oxygen atoms in total. The third-order valence-corrected chi connectivity index (χ3v) is 7.96. The Morgan fingerprint density at radius 3 is 2.50 bits per heavy atom. The van der Waals surface area contributed by atoms with Crippen molar-refractivity contribution in [2.75, 3.05) is 56.6 Å². The number of benzene rings is 1. The highest BCUT2D eigenvalue weighted by molar-refractivity contribution is 5.97. The lowest BCUT2D eigenvalue weighted by Crippen LogP contribution is -2.52. The maximum atomic E-state index is 13.1. The van der Waals surface area contributed by atoms with Crippen molar-refractivity contribution in [3.8, 4) is 5.75 Å². The summed E-state index contributed by atoms with van der Waals surface area (Å²) < 4.78 is 5.41. The number of para-hydroxylation sites is 1. The second-order valence-electron chi connectivity index (χ2n) is 10.3. The average Bonchev–Trinajstić information content (AvgIpc) is 3.23. The molecular weight excluding hydrogens is 452 g/mol. The normalized spacial score (nSPS) is 22.2. The van der Waals surface area contributed by atoms with Crippen LogP contribution in [0.5, 0.6) is 5.75 Å². The highest BCUT2D eigenvalue weighted by Crippen LogP contribution is 2.26. The van der Waals surface area contributed by atoms with E-state index < -0.39 is 0 Å². The first-order valence-corrected chi connectivity index (χ1v) is 13.7. The molecule has 1 amide bonds. The maximum Gasteiger partial charge on any atom is 0.257 e. The monoisotopic (exact) mass is 492 g/mol. The molecule has 3 saturated heterocycles. The fraction of sp³-hybridized carbons (Fsp3) is 0.607. The number of methoxy groups -OCH3 is 1. The maximum absolute atomic E-state index is 13.1. The first kappa shape index (κ1) is 24.8. The van der Waals surface area contributed by atoms with Gasteiger partial charge in [-0.3, -0.25) is 9.69 Å². The van der Waals surface area contributed by atoms with Crippen molar-refractivity contribution in [3.63, 3.8) is 0 Å². The van der Waals surface area contributed by atoms with Crippen LogP contribution in [0.25, 0.3) is 0 Å². The van der Waals surface area contributed by atoms with Crippen LogP contribution in [0, 0.1) is 0 Å². The second kappa shape index (κ2) is 11.9. The third kappa shape index (κ3) is 5.91. The van der Waals surface area contributed by atoms with Crippen LogP contribution in [0.4, 0.5) is 11.8 Å². The summed E-state index contributed by atoms with van der Waals surface area (Å²) >= 11 is 0. The number of ether oxygens (including phenoxy) is 1. The molecule has 1 atom stereocenters. The van der Waals surface area contributed by atoms with Crippen LogP contribution >= 0.6 is 0 Å². The van der Waals surface area contributed by atoms with Crippen LogP contribution in [0.2, 0.25) is 0 Å². The van der Waals surface area contributed by atoms with Crippen molar-refractivity contribution in [2.45, 2.75) is 63.5 Å². The zero-order chi connectivity index (χ0) is 24.7. The molecule has 8 heteroatoms. The van der Waals surface area contributed by atoms with Crippen molar-refractivity contribution < 1.29 is 9.53 Å². The minimum atomic E-state index is 0.0746. The molecule has 3 aliphatic rings. The van der Waals surface area contributed by atoms with Crippen molar-refractivity contribution >= 4 is 17.7 Å². The SMILES string of the molecule is COc1ccccc1C(=O)N1CCC(N2CCCC(Nc3nccc(N4CCCCCC4)n3)C2)CC1. The predicted octanol–water partition coefficient (Wildman–Crippen LogP) is 4.05. The lowest BCUT2D eigenvalue weighted by atomic mass is 9.97. The Balaban J connectivity index is 1.14. The Hall–Kier alpha value is -2.87. The molecule has 0 bridgehead atoms. The smallest absolute Gasteiger partial charge is 0.257 e. The molecule has 4 heterocycles. The summed E-state index contributed by atoms with van der Waals surface area (Å²) in [6, 6.07) is 10.4. The van der Waals surface area contributed by atoms with Crippen LogP contribution in [0.1, 0.15) is 61.7 Å². The standard InChI is InChI=1S/C28H40N6O2/c1-36-25-11-5-4-10-24(25)27(35)33-19-13-23(14-20-33)34-18-8-9-22(21-34)30-28-29-15-12-26(31-28)32-16-6-2-3-7-17-32/h4-5,10-12,15,22-23H,2-3,6-9,13-14,16-21H2,1H3,(H,29,30,31). The third-order valence-electron chi connectivity index (χ3n) is 7.96. The zero-order valence-corrected chi connectivity index (χ0v) is 21.6. The quantitative estimate of drug-likeness (QED) is 0.652. The van der Waals surface area contributed by atoms with E-state index in [1.54, 1.807) is 7.11 Å². The van der Waals surface area contributed by atoms with E-state index in [9.17, 15) is 4.79 Å². The van der Waals surface area contributed by atoms with E-state index in [1.807, 2.05) is 41.4 Å². The van der Waals surface area contributed by atoms with Gasteiger partial charge in [0, 0.05) is 51.0 Å². The van der Waals surface area contributed by atoms with E-state index in [1.165, 1.54) is 32.1 Å². The van der Waals surface area contributed by atoms with Crippen LogP contribution < -0.4 is 15.0 Å². The molecule has 36 heavy (non-hydrogen) atoms. The molecule has 5 rings (SSSR count). The molecule has 0 saturated carbocycles. The van der Waals surface area contributed by atoms with Crippen LogP contribution in [-0.2, 0) is 0 Å². The van der Waals surface area contributed by atoms with Gasteiger partial charge in [-0.2, -0.15) is 4.98 Å². The van der Waals surface area contributed by atoms with E-state index in [0.29, 0.717) is 23.4 Å². The van der Waals surface area contributed by atoms with E-state index in [4.69, 9.17) is 9.72 Å². The molecule has 1 N–H and O–H groups in total. The van der Waals surface area contributed by atoms with Gasteiger partial charge in [0.25, 0.3) is 5.91 Å². The van der Waals surface area contributed by atoms with Gasteiger partial charge in [-0.15, -0.1) is 0 Å². The minimum absolute atomic E-state index is 0.0746. The van der Waals surface area contributed by atoms with Crippen molar-refractivity contribution in [1.82, 2.24) is 19.8 Å². The van der Waals surface area contributed by atoms with Gasteiger partial charge in [0.15, 0.2) is 0 Å². The summed E-state index contributed by atoms with van der Waals surface area (Å²) in [4.78, 5) is 29.5. The Labute approximate surface area is 215 Å². The molecule has 1 unspecified atom stereocenters. The Kier molecular flexibility index (Phi) is 8.21. The number of anilines is 2. The first-order chi connectivity index (χ1) is 17.7. The number of aromatic nitrogens is 2. The number of carbonyl (C=O) groups is 1. The molecule has 0 spiro atoms. The second-order valence-corrected chi connectivity index (χ2v) is 10.3. The van der Waals surface area contributed by atoms with E-state index in [2.05, 4.69) is 20.1 Å².